The minimum Gasteiger partial charge on any atom is -0.383 e. The zero-order valence-corrected chi connectivity index (χ0v) is 15.9. The van der Waals surface area contributed by atoms with Crippen LogP contribution in [0.5, 0.6) is 0 Å². The van der Waals surface area contributed by atoms with E-state index in [9.17, 15) is 32.0 Å². The molecule has 0 aliphatic rings. The quantitative estimate of drug-likeness (QED) is 0.824. The van der Waals surface area contributed by atoms with Gasteiger partial charge in [0, 0.05) is 11.1 Å². The molecule has 26 heavy (non-hydrogen) atoms. The van der Waals surface area contributed by atoms with Gasteiger partial charge < -0.3 is 5.11 Å². The van der Waals surface area contributed by atoms with Gasteiger partial charge in [0.05, 0.1) is 28.6 Å². The van der Waals surface area contributed by atoms with E-state index in [4.69, 9.17) is 0 Å². The first-order valence-corrected chi connectivity index (χ1v) is 10.5. The van der Waals surface area contributed by atoms with E-state index in [1.165, 1.54) is 18.7 Å². The average molecular weight is 406 g/mol. The van der Waals surface area contributed by atoms with Crippen molar-refractivity contribution in [1.29, 1.82) is 5.26 Å². The monoisotopic (exact) mass is 406 g/mol. The summed E-state index contributed by atoms with van der Waals surface area (Å²) in [6.45, 7) is 3.19. The van der Waals surface area contributed by atoms with Crippen LogP contribution in [0, 0.1) is 11.3 Å². The highest BCUT2D eigenvalue weighted by atomic mass is 32.2. The molecule has 142 valence electrons. The third kappa shape index (κ3) is 3.70. The van der Waals surface area contributed by atoms with E-state index in [0.717, 1.165) is 18.4 Å². The number of thioether (sulfide) groups is 1. The number of nitriles is 1. The van der Waals surface area contributed by atoms with Gasteiger partial charge in [0.15, 0.2) is 0 Å². The maximum atomic E-state index is 13.1. The molecule has 0 saturated heterocycles. The Balaban J connectivity index is 2.98. The van der Waals surface area contributed by atoms with Crippen molar-refractivity contribution in [2.75, 3.05) is 17.8 Å². The normalized spacial score (nSPS) is 15.0. The fraction of sp³-hybridized carbons (Fsp3) is 0.438. The van der Waals surface area contributed by atoms with Crippen molar-refractivity contribution in [3.63, 3.8) is 0 Å². The molecule has 10 heteroatoms. The van der Waals surface area contributed by atoms with Crippen molar-refractivity contribution < 1.29 is 26.7 Å². The maximum Gasteiger partial charge on any atom is 0.416 e. The fourth-order valence-electron chi connectivity index (χ4n) is 2.75. The Kier molecular flexibility index (Phi) is 5.38. The smallest absolute Gasteiger partial charge is 0.383 e. The number of hydrogen-bond acceptors (Lipinski definition) is 5. The number of halogens is 3. The van der Waals surface area contributed by atoms with Crippen LogP contribution in [0.25, 0.3) is 10.9 Å². The van der Waals surface area contributed by atoms with Gasteiger partial charge in [0.2, 0.25) is 10.0 Å². The van der Waals surface area contributed by atoms with Crippen LogP contribution in [-0.2, 0) is 21.8 Å². The molecular weight excluding hydrogens is 389 g/mol. The summed E-state index contributed by atoms with van der Waals surface area (Å²) < 4.78 is 64.5. The van der Waals surface area contributed by atoms with Gasteiger partial charge in [-0.15, -0.1) is 0 Å². The zero-order chi connectivity index (χ0) is 19.9. The Hall–Kier alpha value is -1.70. The Morgan fingerprint density at radius 1 is 1.35 bits per heavy atom. The molecule has 1 heterocycles. The first kappa shape index (κ1) is 20.6. The van der Waals surface area contributed by atoms with Gasteiger partial charge in [-0.25, -0.2) is 12.4 Å². The molecule has 0 spiro atoms. The number of benzene rings is 1. The summed E-state index contributed by atoms with van der Waals surface area (Å²) in [7, 11) is -4.09. The summed E-state index contributed by atoms with van der Waals surface area (Å²) in [4.78, 5) is 0. The highest BCUT2D eigenvalue weighted by Crippen LogP contribution is 2.39. The minimum atomic E-state index is -4.67. The van der Waals surface area contributed by atoms with Gasteiger partial charge in [-0.3, -0.25) is 0 Å². The molecule has 5 nitrogen and oxygen atoms in total. The molecular formula is C16H17F3N2O3S2. The molecule has 1 atom stereocenters. The topological polar surface area (TPSA) is 83.1 Å². The highest BCUT2D eigenvalue weighted by Gasteiger charge is 2.37. The van der Waals surface area contributed by atoms with Crippen LogP contribution in [0.1, 0.15) is 30.7 Å². The largest absolute Gasteiger partial charge is 0.416 e. The molecule has 1 unspecified atom stereocenters. The van der Waals surface area contributed by atoms with Gasteiger partial charge >= 0.3 is 6.18 Å². The van der Waals surface area contributed by atoms with Crippen molar-refractivity contribution in [2.24, 2.45) is 0 Å². The molecule has 2 rings (SSSR count). The molecule has 0 fully saturated rings. The number of alkyl halides is 3. The van der Waals surface area contributed by atoms with E-state index >= 15 is 0 Å². The van der Waals surface area contributed by atoms with Crippen LogP contribution >= 0.6 is 11.8 Å². The Labute approximate surface area is 153 Å². The van der Waals surface area contributed by atoms with Crippen LogP contribution in [0.3, 0.4) is 0 Å². The number of fused-ring (bicyclic) bond motifs is 1. The van der Waals surface area contributed by atoms with E-state index in [-0.39, 0.29) is 27.9 Å². The van der Waals surface area contributed by atoms with Gasteiger partial charge in [-0.2, -0.15) is 30.2 Å². The van der Waals surface area contributed by atoms with E-state index < -0.39 is 27.4 Å². The summed E-state index contributed by atoms with van der Waals surface area (Å²) in [5.74, 6) is 0.714. The fourth-order valence-corrected chi connectivity index (χ4v) is 4.62. The molecule has 1 aromatic carbocycles. The van der Waals surface area contributed by atoms with Crippen LogP contribution in [0.15, 0.2) is 18.2 Å². The highest BCUT2D eigenvalue weighted by molar-refractivity contribution is 7.99. The van der Waals surface area contributed by atoms with Crippen LogP contribution in [-0.4, -0.2) is 35.3 Å². The summed E-state index contributed by atoms with van der Waals surface area (Å²) in [5.41, 5.74) is -3.42. The van der Waals surface area contributed by atoms with Gasteiger partial charge in [0.1, 0.15) is 11.7 Å². The average Bonchev–Trinajstić information content (AvgIpc) is 2.86. The van der Waals surface area contributed by atoms with Gasteiger partial charge in [-0.05, 0) is 24.8 Å². The van der Waals surface area contributed by atoms with Gasteiger partial charge in [0.25, 0.3) is 0 Å². The minimum absolute atomic E-state index is 0.0442. The van der Waals surface area contributed by atoms with Crippen molar-refractivity contribution >= 4 is 32.7 Å². The van der Waals surface area contributed by atoms with Crippen LogP contribution in [0.4, 0.5) is 13.2 Å². The number of hydrogen-bond donors (Lipinski definition) is 1. The molecule has 1 aromatic heterocycles. The van der Waals surface area contributed by atoms with Crippen molar-refractivity contribution in [3.8, 4) is 6.07 Å². The molecule has 0 bridgehead atoms. The first-order chi connectivity index (χ1) is 11.8. The second kappa shape index (κ2) is 6.79. The molecule has 1 N–H and O–H groups in total. The Morgan fingerprint density at radius 2 is 1.96 bits per heavy atom. The number of aromatic nitrogens is 1. The standard InChI is InChI=1S/C16H17F3N2O3S2/c1-4-25-9-15(2,22)14-12(8-20)11-6-5-10(16(17,18)19)7-13(11)21(14)26(3,23)24/h5-7,22H,4,9H2,1-3H3. The number of aliphatic hydroxyl groups is 1. The summed E-state index contributed by atoms with van der Waals surface area (Å²) >= 11 is 1.32. The predicted molar refractivity (Wildman–Crippen MR) is 94.5 cm³/mol. The lowest BCUT2D eigenvalue weighted by Gasteiger charge is -2.25. The van der Waals surface area contributed by atoms with E-state index in [1.54, 1.807) is 0 Å². The Bertz CT molecular complexity index is 987. The van der Waals surface area contributed by atoms with Crippen molar-refractivity contribution in [1.82, 2.24) is 3.97 Å². The van der Waals surface area contributed by atoms with Gasteiger partial charge in [-0.1, -0.05) is 13.0 Å². The lowest BCUT2D eigenvalue weighted by atomic mass is 10.00. The second-order valence-electron chi connectivity index (χ2n) is 6.00. The van der Waals surface area contributed by atoms with E-state index in [2.05, 4.69) is 0 Å². The zero-order valence-electron chi connectivity index (χ0n) is 14.3. The molecule has 0 aliphatic carbocycles. The first-order valence-electron chi connectivity index (χ1n) is 7.51. The summed E-state index contributed by atoms with van der Waals surface area (Å²) in [6.07, 6.45) is -3.85. The molecule has 0 aliphatic heterocycles. The number of rotatable bonds is 5. The molecule has 0 saturated carbocycles. The Morgan fingerprint density at radius 3 is 2.42 bits per heavy atom. The van der Waals surface area contributed by atoms with Crippen molar-refractivity contribution in [3.05, 3.63) is 35.0 Å². The SMILES string of the molecule is CCSCC(C)(O)c1c(C#N)c2ccc(C(F)(F)F)cc2n1S(C)(=O)=O. The van der Waals surface area contributed by atoms with E-state index in [1.807, 2.05) is 13.0 Å². The predicted octanol–water partition coefficient (Wildman–Crippen LogP) is 3.30. The summed E-state index contributed by atoms with van der Waals surface area (Å²) in [6, 6.07) is 4.37. The number of nitrogens with zero attached hydrogens (tertiary/aromatic N) is 2. The molecule has 0 radical (unpaired) electrons. The molecule has 0 amide bonds. The lowest BCUT2D eigenvalue weighted by Crippen LogP contribution is -2.31. The lowest BCUT2D eigenvalue weighted by molar-refractivity contribution is -0.137. The van der Waals surface area contributed by atoms with Crippen LogP contribution < -0.4 is 0 Å². The maximum absolute atomic E-state index is 13.1. The van der Waals surface area contributed by atoms with Crippen molar-refractivity contribution in [2.45, 2.75) is 25.6 Å². The van der Waals surface area contributed by atoms with E-state index in [0.29, 0.717) is 15.8 Å². The third-order valence-corrected chi connectivity index (χ3v) is 6.01. The summed E-state index contributed by atoms with van der Waals surface area (Å²) in [5, 5.41) is 20.4. The molecule has 2 aromatic rings. The van der Waals surface area contributed by atoms with Crippen LogP contribution in [0.2, 0.25) is 0 Å². The third-order valence-electron chi connectivity index (χ3n) is 3.79. The second-order valence-corrected chi connectivity index (χ2v) is 9.11.